The number of nitrogens with one attached hydrogen (secondary N) is 2. The molecule has 2 aromatic rings. The van der Waals surface area contributed by atoms with Gasteiger partial charge in [-0.2, -0.15) is 5.26 Å². The highest BCUT2D eigenvalue weighted by Gasteiger charge is 2.04. The Bertz CT molecular complexity index is 853. The van der Waals surface area contributed by atoms with Crippen molar-refractivity contribution in [2.75, 3.05) is 11.9 Å². The first-order valence-corrected chi connectivity index (χ1v) is 7.23. The van der Waals surface area contributed by atoms with Gasteiger partial charge in [-0.3, -0.25) is 9.59 Å². The lowest BCUT2D eigenvalue weighted by Gasteiger charge is -2.02. The van der Waals surface area contributed by atoms with E-state index < -0.39 is 0 Å². The molecule has 0 saturated carbocycles. The summed E-state index contributed by atoms with van der Waals surface area (Å²) in [5, 5.41) is 14.2. The number of anilines is 1. The smallest absolute Gasteiger partial charge is 0.252 e. The van der Waals surface area contributed by atoms with Crippen molar-refractivity contribution in [2.45, 2.75) is 6.92 Å². The zero-order valence-corrected chi connectivity index (χ0v) is 13.1. The lowest BCUT2D eigenvalue weighted by atomic mass is 10.1. The molecule has 0 fully saturated rings. The van der Waals surface area contributed by atoms with Crippen molar-refractivity contribution in [3.63, 3.8) is 0 Å². The summed E-state index contributed by atoms with van der Waals surface area (Å²) >= 11 is 0. The Morgan fingerprint density at radius 1 is 1.08 bits per heavy atom. The minimum Gasteiger partial charge on any atom is -0.341 e. The van der Waals surface area contributed by atoms with E-state index in [1.807, 2.05) is 6.07 Å². The zero-order chi connectivity index (χ0) is 17.4. The molecule has 0 aliphatic rings. The molecule has 2 rings (SSSR count). The summed E-state index contributed by atoms with van der Waals surface area (Å²) in [4.78, 5) is 22.9. The number of rotatable bonds is 3. The van der Waals surface area contributed by atoms with E-state index in [0.29, 0.717) is 16.8 Å². The summed E-state index contributed by atoms with van der Waals surface area (Å²) in [5.41, 5.74) is 2.35. The van der Waals surface area contributed by atoms with Crippen LogP contribution >= 0.6 is 0 Å². The van der Waals surface area contributed by atoms with Gasteiger partial charge < -0.3 is 10.6 Å². The average molecular weight is 317 g/mol. The van der Waals surface area contributed by atoms with Crippen molar-refractivity contribution in [1.82, 2.24) is 5.32 Å². The number of hydrogen-bond donors (Lipinski definition) is 2. The second-order valence-electron chi connectivity index (χ2n) is 4.94. The third-order valence-electron chi connectivity index (χ3n) is 3.03. The first-order valence-electron chi connectivity index (χ1n) is 7.23. The van der Waals surface area contributed by atoms with E-state index in [4.69, 9.17) is 5.26 Å². The van der Waals surface area contributed by atoms with Crippen LogP contribution in [0.4, 0.5) is 5.69 Å². The van der Waals surface area contributed by atoms with Crippen LogP contribution in [0.15, 0.2) is 48.5 Å². The largest absolute Gasteiger partial charge is 0.341 e. The molecule has 24 heavy (non-hydrogen) atoms. The van der Waals surface area contributed by atoms with Gasteiger partial charge in [-0.05, 0) is 42.5 Å². The Morgan fingerprint density at radius 2 is 1.83 bits per heavy atom. The quantitative estimate of drug-likeness (QED) is 0.852. The Labute approximate surface area is 140 Å². The van der Waals surface area contributed by atoms with Crippen LogP contribution in [0.3, 0.4) is 0 Å². The van der Waals surface area contributed by atoms with Crippen LogP contribution in [0.25, 0.3) is 0 Å². The monoisotopic (exact) mass is 317 g/mol. The molecule has 0 aliphatic carbocycles. The highest BCUT2D eigenvalue weighted by molar-refractivity contribution is 5.94. The Hall–Kier alpha value is -3.57. The van der Waals surface area contributed by atoms with Gasteiger partial charge in [-0.25, -0.2) is 0 Å². The van der Waals surface area contributed by atoms with Crippen molar-refractivity contribution in [3.8, 4) is 17.9 Å². The number of carbonyl (C=O) groups is 2. The van der Waals surface area contributed by atoms with Crippen LogP contribution in [0.1, 0.15) is 28.4 Å². The summed E-state index contributed by atoms with van der Waals surface area (Å²) in [6, 6.07) is 15.6. The van der Waals surface area contributed by atoms with Crippen molar-refractivity contribution >= 4 is 17.5 Å². The molecule has 0 heterocycles. The second kappa shape index (κ2) is 8.17. The fourth-order valence-electron chi connectivity index (χ4n) is 1.94. The molecule has 2 amide bonds. The molecule has 5 heteroatoms. The molecule has 0 aliphatic heterocycles. The number of nitriles is 1. The molecule has 0 saturated heterocycles. The van der Waals surface area contributed by atoms with E-state index >= 15 is 0 Å². The topological polar surface area (TPSA) is 82.0 Å². The molecule has 0 atom stereocenters. The van der Waals surface area contributed by atoms with Crippen molar-refractivity contribution in [2.24, 2.45) is 0 Å². The first-order chi connectivity index (χ1) is 11.6. The number of benzene rings is 2. The van der Waals surface area contributed by atoms with Gasteiger partial charge in [0.2, 0.25) is 5.91 Å². The van der Waals surface area contributed by atoms with Crippen LogP contribution < -0.4 is 10.6 Å². The summed E-state index contributed by atoms with van der Waals surface area (Å²) in [5.74, 6) is 5.38. The molecule has 0 radical (unpaired) electrons. The van der Waals surface area contributed by atoms with E-state index in [1.54, 1.807) is 42.5 Å². The molecule has 2 aromatic carbocycles. The molecule has 5 nitrogen and oxygen atoms in total. The standard InChI is InChI=1S/C19H15N3O2/c1-14(23)22-18-9-7-15(8-10-18)5-3-11-21-19(24)17-6-2-4-16(12-17)13-20/h2,4,6-10,12H,11H2,1H3,(H,21,24)(H,22,23). The maximum Gasteiger partial charge on any atom is 0.252 e. The van der Waals surface area contributed by atoms with Gasteiger partial charge >= 0.3 is 0 Å². The number of carbonyl (C=O) groups excluding carboxylic acids is 2. The van der Waals surface area contributed by atoms with Crippen LogP contribution in [0.5, 0.6) is 0 Å². The lowest BCUT2D eigenvalue weighted by molar-refractivity contribution is -0.114. The zero-order valence-electron chi connectivity index (χ0n) is 13.1. The van der Waals surface area contributed by atoms with Gasteiger partial charge in [0.15, 0.2) is 0 Å². The molecule has 0 spiro atoms. The van der Waals surface area contributed by atoms with Crippen LogP contribution in [0.2, 0.25) is 0 Å². The Morgan fingerprint density at radius 3 is 2.50 bits per heavy atom. The minimum absolute atomic E-state index is 0.128. The normalized spacial score (nSPS) is 9.17. The van der Waals surface area contributed by atoms with Crippen molar-refractivity contribution in [1.29, 1.82) is 5.26 Å². The Balaban J connectivity index is 1.90. The molecule has 118 valence electrons. The number of nitrogens with zero attached hydrogens (tertiary/aromatic N) is 1. The molecular formula is C19H15N3O2. The predicted molar refractivity (Wildman–Crippen MR) is 91.1 cm³/mol. The van der Waals surface area contributed by atoms with Crippen molar-refractivity contribution in [3.05, 3.63) is 65.2 Å². The Kier molecular flexibility index (Phi) is 5.71. The van der Waals surface area contributed by atoms with E-state index in [0.717, 1.165) is 5.56 Å². The van der Waals surface area contributed by atoms with E-state index in [9.17, 15) is 9.59 Å². The molecule has 0 bridgehead atoms. The minimum atomic E-state index is -0.276. The van der Waals surface area contributed by atoms with Crippen LogP contribution in [0, 0.1) is 23.2 Å². The number of amides is 2. The fraction of sp³-hybridized carbons (Fsp3) is 0.105. The van der Waals surface area contributed by atoms with E-state index in [1.165, 1.54) is 13.0 Å². The number of hydrogen-bond acceptors (Lipinski definition) is 3. The average Bonchev–Trinajstić information content (AvgIpc) is 2.59. The van der Waals surface area contributed by atoms with Gasteiger partial charge in [0.1, 0.15) is 0 Å². The first kappa shape index (κ1) is 16.8. The highest BCUT2D eigenvalue weighted by Crippen LogP contribution is 2.08. The van der Waals surface area contributed by atoms with Crippen LogP contribution in [-0.2, 0) is 4.79 Å². The van der Waals surface area contributed by atoms with E-state index in [-0.39, 0.29) is 18.4 Å². The predicted octanol–water partition coefficient (Wildman–Crippen LogP) is 2.30. The molecule has 2 N–H and O–H groups in total. The summed E-state index contributed by atoms with van der Waals surface area (Å²) in [6.07, 6.45) is 0. The van der Waals surface area contributed by atoms with Gasteiger partial charge in [-0.15, -0.1) is 0 Å². The molecular weight excluding hydrogens is 302 g/mol. The van der Waals surface area contributed by atoms with E-state index in [2.05, 4.69) is 22.5 Å². The lowest BCUT2D eigenvalue weighted by Crippen LogP contribution is -2.23. The summed E-state index contributed by atoms with van der Waals surface area (Å²) in [7, 11) is 0. The van der Waals surface area contributed by atoms with Gasteiger partial charge in [0.25, 0.3) is 5.91 Å². The SMILES string of the molecule is CC(=O)Nc1ccc(C#CCNC(=O)c2cccc(C#N)c2)cc1. The van der Waals surface area contributed by atoms with Crippen LogP contribution in [-0.4, -0.2) is 18.4 Å². The maximum atomic E-state index is 11.9. The molecule has 0 aromatic heterocycles. The van der Waals surface area contributed by atoms with Gasteiger partial charge in [0.05, 0.1) is 18.2 Å². The third-order valence-corrected chi connectivity index (χ3v) is 3.03. The van der Waals surface area contributed by atoms with Crippen molar-refractivity contribution < 1.29 is 9.59 Å². The highest BCUT2D eigenvalue weighted by atomic mass is 16.2. The van der Waals surface area contributed by atoms with Gasteiger partial charge in [-0.1, -0.05) is 17.9 Å². The fourth-order valence-corrected chi connectivity index (χ4v) is 1.94. The summed E-state index contributed by atoms with van der Waals surface area (Å²) in [6.45, 7) is 1.64. The second-order valence-corrected chi connectivity index (χ2v) is 4.94. The maximum absolute atomic E-state index is 11.9. The summed E-state index contributed by atoms with van der Waals surface area (Å²) < 4.78 is 0. The van der Waals surface area contributed by atoms with Gasteiger partial charge in [0, 0.05) is 23.7 Å². The molecule has 0 unspecified atom stereocenters. The third kappa shape index (κ3) is 5.01.